The molecule has 0 aromatic heterocycles. The topological polar surface area (TPSA) is 32.3 Å². The third-order valence-corrected chi connectivity index (χ3v) is 4.66. The molecule has 0 spiro atoms. The van der Waals surface area contributed by atoms with Crippen molar-refractivity contribution in [3.63, 3.8) is 0 Å². The molecule has 1 unspecified atom stereocenters. The van der Waals surface area contributed by atoms with E-state index in [1.165, 1.54) is 24.0 Å². The Bertz CT molecular complexity index is 399. The smallest absolute Gasteiger partial charge is 0.0527 e. The number of aliphatic hydroxyl groups excluding tert-OH is 1. The van der Waals surface area contributed by atoms with E-state index in [0.717, 1.165) is 19.4 Å². The Morgan fingerprint density at radius 3 is 2.24 bits per heavy atom. The van der Waals surface area contributed by atoms with E-state index >= 15 is 0 Å². The SMILES string of the molecule is CC1(c2ccc(C3(CO)CC3)cc2)CCCN1. The highest BCUT2D eigenvalue weighted by Gasteiger charge is 2.43. The van der Waals surface area contributed by atoms with Crippen LogP contribution in [0.15, 0.2) is 24.3 Å². The average Bonchev–Trinajstić information content (AvgIpc) is 3.06. The molecule has 1 aromatic rings. The molecule has 17 heavy (non-hydrogen) atoms. The molecule has 1 saturated carbocycles. The summed E-state index contributed by atoms with van der Waals surface area (Å²) in [5.41, 5.74) is 2.95. The van der Waals surface area contributed by atoms with Crippen LogP contribution in [0, 0.1) is 0 Å². The zero-order valence-corrected chi connectivity index (χ0v) is 10.5. The van der Waals surface area contributed by atoms with Gasteiger partial charge in [0.2, 0.25) is 0 Å². The van der Waals surface area contributed by atoms with Crippen LogP contribution in [0.25, 0.3) is 0 Å². The average molecular weight is 231 g/mol. The van der Waals surface area contributed by atoms with Gasteiger partial charge in [-0.3, -0.25) is 0 Å². The maximum atomic E-state index is 9.43. The van der Waals surface area contributed by atoms with E-state index in [1.54, 1.807) is 0 Å². The van der Waals surface area contributed by atoms with Gasteiger partial charge in [-0.05, 0) is 50.3 Å². The van der Waals surface area contributed by atoms with Gasteiger partial charge in [-0.1, -0.05) is 24.3 Å². The third kappa shape index (κ3) is 1.80. The molecule has 2 N–H and O–H groups in total. The Labute approximate surface area is 103 Å². The molecular weight excluding hydrogens is 210 g/mol. The van der Waals surface area contributed by atoms with E-state index in [-0.39, 0.29) is 11.0 Å². The van der Waals surface area contributed by atoms with E-state index in [2.05, 4.69) is 36.5 Å². The van der Waals surface area contributed by atoms with Crippen molar-refractivity contribution in [2.75, 3.05) is 13.2 Å². The van der Waals surface area contributed by atoms with Gasteiger partial charge in [-0.15, -0.1) is 0 Å². The van der Waals surface area contributed by atoms with Crippen LogP contribution in [-0.4, -0.2) is 18.3 Å². The van der Waals surface area contributed by atoms with Crippen LogP contribution in [0.5, 0.6) is 0 Å². The Kier molecular flexibility index (Phi) is 2.53. The molecule has 0 amide bonds. The van der Waals surface area contributed by atoms with Crippen LogP contribution < -0.4 is 5.32 Å². The Balaban J connectivity index is 1.85. The number of hydrogen-bond donors (Lipinski definition) is 2. The first-order valence-corrected chi connectivity index (χ1v) is 6.66. The molecule has 2 heteroatoms. The molecule has 0 radical (unpaired) electrons. The summed E-state index contributed by atoms with van der Waals surface area (Å²) in [5.74, 6) is 0. The molecule has 2 aliphatic rings. The highest BCUT2D eigenvalue weighted by molar-refractivity contribution is 5.36. The molecule has 1 aliphatic carbocycles. The number of hydrogen-bond acceptors (Lipinski definition) is 2. The first-order chi connectivity index (χ1) is 8.19. The van der Waals surface area contributed by atoms with Gasteiger partial charge in [0.05, 0.1) is 6.61 Å². The van der Waals surface area contributed by atoms with Gasteiger partial charge in [0.25, 0.3) is 0 Å². The second-order valence-electron chi connectivity index (χ2n) is 5.88. The first kappa shape index (κ1) is 11.2. The standard InChI is InChI=1S/C15H21NO/c1-14(7-2-10-16-14)12-3-5-13(6-4-12)15(11-17)8-9-15/h3-6,16-17H,2,7-11H2,1H3. The summed E-state index contributed by atoms with van der Waals surface area (Å²) in [5, 5.41) is 13.0. The predicted molar refractivity (Wildman–Crippen MR) is 69.0 cm³/mol. The maximum absolute atomic E-state index is 9.43. The lowest BCUT2D eigenvalue weighted by atomic mass is 9.88. The zero-order chi connectivity index (χ0) is 11.9. The van der Waals surface area contributed by atoms with Crippen molar-refractivity contribution < 1.29 is 5.11 Å². The predicted octanol–water partition coefficient (Wildman–Crippen LogP) is 2.31. The highest BCUT2D eigenvalue weighted by Crippen LogP contribution is 2.47. The van der Waals surface area contributed by atoms with E-state index in [9.17, 15) is 5.11 Å². The van der Waals surface area contributed by atoms with Crippen LogP contribution in [0.4, 0.5) is 0 Å². The van der Waals surface area contributed by atoms with E-state index in [4.69, 9.17) is 0 Å². The molecule has 1 atom stereocenters. The fourth-order valence-electron chi connectivity index (χ4n) is 3.02. The summed E-state index contributed by atoms with van der Waals surface area (Å²) in [6, 6.07) is 8.90. The lowest BCUT2D eigenvalue weighted by Gasteiger charge is -2.25. The van der Waals surface area contributed by atoms with E-state index in [0.29, 0.717) is 6.61 Å². The van der Waals surface area contributed by atoms with Crippen molar-refractivity contribution in [3.8, 4) is 0 Å². The van der Waals surface area contributed by atoms with Crippen molar-refractivity contribution >= 4 is 0 Å². The van der Waals surface area contributed by atoms with Crippen LogP contribution in [0.3, 0.4) is 0 Å². The van der Waals surface area contributed by atoms with Gasteiger partial charge >= 0.3 is 0 Å². The van der Waals surface area contributed by atoms with Crippen molar-refractivity contribution in [2.24, 2.45) is 0 Å². The molecule has 92 valence electrons. The first-order valence-electron chi connectivity index (χ1n) is 6.66. The zero-order valence-electron chi connectivity index (χ0n) is 10.5. The monoisotopic (exact) mass is 231 g/mol. The molecule has 2 fully saturated rings. The van der Waals surface area contributed by atoms with Gasteiger partial charge in [0, 0.05) is 11.0 Å². The van der Waals surface area contributed by atoms with Crippen LogP contribution in [-0.2, 0) is 11.0 Å². The molecule has 1 aromatic carbocycles. The number of rotatable bonds is 3. The number of benzene rings is 1. The quantitative estimate of drug-likeness (QED) is 0.836. The normalized spacial score (nSPS) is 30.5. The summed E-state index contributed by atoms with van der Waals surface area (Å²) in [6.07, 6.45) is 4.76. The Hall–Kier alpha value is -0.860. The minimum Gasteiger partial charge on any atom is -0.395 e. The summed E-state index contributed by atoms with van der Waals surface area (Å²) < 4.78 is 0. The van der Waals surface area contributed by atoms with Gasteiger partial charge in [0.15, 0.2) is 0 Å². The fraction of sp³-hybridized carbons (Fsp3) is 0.600. The number of aliphatic hydroxyl groups is 1. The molecular formula is C15H21NO. The van der Waals surface area contributed by atoms with E-state index < -0.39 is 0 Å². The van der Waals surface area contributed by atoms with E-state index in [1.807, 2.05) is 0 Å². The molecule has 0 bridgehead atoms. The van der Waals surface area contributed by atoms with Crippen molar-refractivity contribution in [3.05, 3.63) is 35.4 Å². The van der Waals surface area contributed by atoms with Crippen LogP contribution in [0.1, 0.15) is 43.7 Å². The third-order valence-electron chi connectivity index (χ3n) is 4.66. The summed E-state index contributed by atoms with van der Waals surface area (Å²) in [7, 11) is 0. The summed E-state index contributed by atoms with van der Waals surface area (Å²) in [6.45, 7) is 3.70. The minimum atomic E-state index is 0.0997. The van der Waals surface area contributed by atoms with Gasteiger partial charge in [-0.2, -0.15) is 0 Å². The second-order valence-corrected chi connectivity index (χ2v) is 5.88. The molecule has 1 heterocycles. The lowest BCUT2D eigenvalue weighted by molar-refractivity contribution is 0.255. The minimum absolute atomic E-state index is 0.0997. The molecule has 3 rings (SSSR count). The van der Waals surface area contributed by atoms with Crippen molar-refractivity contribution in [1.29, 1.82) is 0 Å². The second kappa shape index (κ2) is 3.82. The molecule has 2 nitrogen and oxygen atoms in total. The Morgan fingerprint density at radius 2 is 1.76 bits per heavy atom. The largest absolute Gasteiger partial charge is 0.395 e. The Morgan fingerprint density at radius 1 is 1.12 bits per heavy atom. The number of nitrogens with one attached hydrogen (secondary N) is 1. The van der Waals surface area contributed by atoms with Crippen molar-refractivity contribution in [2.45, 2.75) is 43.6 Å². The molecule has 1 saturated heterocycles. The highest BCUT2D eigenvalue weighted by atomic mass is 16.3. The summed E-state index contributed by atoms with van der Waals surface area (Å²) in [4.78, 5) is 0. The van der Waals surface area contributed by atoms with Crippen LogP contribution in [0.2, 0.25) is 0 Å². The maximum Gasteiger partial charge on any atom is 0.0527 e. The van der Waals surface area contributed by atoms with Crippen molar-refractivity contribution in [1.82, 2.24) is 5.32 Å². The fourth-order valence-corrected chi connectivity index (χ4v) is 3.02. The van der Waals surface area contributed by atoms with Gasteiger partial charge in [0.1, 0.15) is 0 Å². The molecule has 1 aliphatic heterocycles. The lowest BCUT2D eigenvalue weighted by Crippen LogP contribution is -2.33. The van der Waals surface area contributed by atoms with Crippen LogP contribution >= 0.6 is 0 Å². The summed E-state index contributed by atoms with van der Waals surface area (Å²) >= 11 is 0. The van der Waals surface area contributed by atoms with Gasteiger partial charge in [-0.25, -0.2) is 0 Å². The van der Waals surface area contributed by atoms with Gasteiger partial charge < -0.3 is 10.4 Å².